The van der Waals surface area contributed by atoms with Gasteiger partial charge in [-0.2, -0.15) is 0 Å². The van der Waals surface area contributed by atoms with Crippen molar-refractivity contribution in [1.29, 1.82) is 0 Å². The van der Waals surface area contributed by atoms with Gasteiger partial charge in [0.05, 0.1) is 5.92 Å². The van der Waals surface area contributed by atoms with E-state index >= 15 is 0 Å². The molecule has 0 aromatic carbocycles. The third-order valence-electron chi connectivity index (χ3n) is 4.46. The van der Waals surface area contributed by atoms with Gasteiger partial charge in [0.15, 0.2) is 0 Å². The van der Waals surface area contributed by atoms with E-state index in [1.54, 1.807) is 0 Å². The summed E-state index contributed by atoms with van der Waals surface area (Å²) < 4.78 is 0. The van der Waals surface area contributed by atoms with Gasteiger partial charge in [0.25, 0.3) is 0 Å². The average Bonchev–Trinajstić information content (AvgIpc) is 2.86. The highest BCUT2D eigenvalue weighted by Crippen LogP contribution is 2.23. The molecule has 1 atom stereocenters. The molecule has 3 heterocycles. The molecule has 3 saturated heterocycles. The van der Waals surface area contributed by atoms with Crippen LogP contribution in [0.5, 0.6) is 0 Å². The van der Waals surface area contributed by atoms with Crippen LogP contribution < -0.4 is 5.32 Å². The Balaban J connectivity index is 1.56. The fourth-order valence-corrected chi connectivity index (χ4v) is 3.28. The molecule has 1 amide bonds. The molecule has 0 spiro atoms. The van der Waals surface area contributed by atoms with Crippen molar-refractivity contribution in [3.05, 3.63) is 0 Å². The third kappa shape index (κ3) is 2.33. The van der Waals surface area contributed by atoms with E-state index in [0.29, 0.717) is 11.9 Å². The Morgan fingerprint density at radius 3 is 2.53 bits per heavy atom. The van der Waals surface area contributed by atoms with Crippen molar-refractivity contribution in [3.8, 4) is 0 Å². The number of hydrogen-bond acceptors (Lipinski definition) is 3. The summed E-state index contributed by atoms with van der Waals surface area (Å²) in [6.07, 6.45) is 5.09. The lowest BCUT2D eigenvalue weighted by Gasteiger charge is -2.34. The molecule has 4 heteroatoms. The third-order valence-corrected chi connectivity index (χ3v) is 4.46. The lowest BCUT2D eigenvalue weighted by molar-refractivity contribution is -0.138. The number of carbonyl (C=O) groups excluding carboxylic acids is 1. The summed E-state index contributed by atoms with van der Waals surface area (Å²) in [5.74, 6) is 0.680. The van der Waals surface area contributed by atoms with Crippen LogP contribution in [0.15, 0.2) is 0 Å². The molecule has 0 aliphatic carbocycles. The highest BCUT2D eigenvalue weighted by molar-refractivity contribution is 5.80. The van der Waals surface area contributed by atoms with E-state index in [4.69, 9.17) is 0 Å². The Hall–Kier alpha value is -0.610. The predicted molar refractivity (Wildman–Crippen MR) is 66.8 cm³/mol. The van der Waals surface area contributed by atoms with E-state index in [1.807, 2.05) is 0 Å². The largest absolute Gasteiger partial charge is 0.338 e. The van der Waals surface area contributed by atoms with Crippen LogP contribution >= 0.6 is 0 Å². The van der Waals surface area contributed by atoms with E-state index < -0.39 is 0 Å². The number of nitrogens with zero attached hydrogens (tertiary/aromatic N) is 2. The summed E-state index contributed by atoms with van der Waals surface area (Å²) in [4.78, 5) is 17.0. The molecule has 1 N–H and O–H groups in total. The second-order valence-corrected chi connectivity index (χ2v) is 5.69. The minimum atomic E-state index is 0.272. The first-order valence-corrected chi connectivity index (χ1v) is 7.08. The van der Waals surface area contributed by atoms with E-state index in [9.17, 15) is 4.79 Å². The van der Waals surface area contributed by atoms with Crippen LogP contribution in [-0.4, -0.2) is 61.0 Å². The van der Waals surface area contributed by atoms with Crippen LogP contribution in [0.3, 0.4) is 0 Å². The first-order valence-electron chi connectivity index (χ1n) is 7.08. The number of hydrogen-bond donors (Lipinski definition) is 1. The summed E-state index contributed by atoms with van der Waals surface area (Å²) in [5, 5.41) is 3.20. The highest BCUT2D eigenvalue weighted by Gasteiger charge is 2.36. The molecule has 0 aromatic rings. The molecule has 3 fully saturated rings. The van der Waals surface area contributed by atoms with Gasteiger partial charge in [0, 0.05) is 32.2 Å². The summed E-state index contributed by atoms with van der Waals surface area (Å²) in [6, 6.07) is 0.501. The fourth-order valence-electron chi connectivity index (χ4n) is 3.28. The Morgan fingerprint density at radius 2 is 1.88 bits per heavy atom. The second-order valence-electron chi connectivity index (χ2n) is 5.69. The van der Waals surface area contributed by atoms with Crippen LogP contribution in [0.1, 0.15) is 25.7 Å². The van der Waals surface area contributed by atoms with E-state index in [1.165, 1.54) is 38.8 Å². The quantitative estimate of drug-likeness (QED) is 0.766. The minimum absolute atomic E-state index is 0.272. The van der Waals surface area contributed by atoms with Gasteiger partial charge < -0.3 is 15.1 Å². The van der Waals surface area contributed by atoms with Crippen molar-refractivity contribution in [2.45, 2.75) is 31.7 Å². The monoisotopic (exact) mass is 237 g/mol. The molecular weight excluding hydrogens is 214 g/mol. The molecule has 3 rings (SSSR count). The maximum Gasteiger partial charge on any atom is 0.228 e. The molecule has 4 nitrogen and oxygen atoms in total. The molecule has 0 saturated carbocycles. The van der Waals surface area contributed by atoms with Gasteiger partial charge in [0.2, 0.25) is 5.91 Å². The van der Waals surface area contributed by atoms with Crippen molar-refractivity contribution in [3.63, 3.8) is 0 Å². The van der Waals surface area contributed by atoms with E-state index in [0.717, 1.165) is 26.2 Å². The molecule has 96 valence electrons. The Bertz CT molecular complexity index is 284. The summed E-state index contributed by atoms with van der Waals surface area (Å²) in [6.45, 7) is 6.38. The molecule has 0 radical (unpaired) electrons. The number of likely N-dealkylation sites (tertiary alicyclic amines) is 2. The standard InChI is InChI=1S/C13H23N3O/c17-13(11-8-14-9-11)16-7-3-4-12(16)10-15-5-1-2-6-15/h11-12,14H,1-10H2. The molecular formula is C13H23N3O. The maximum atomic E-state index is 12.3. The van der Waals surface area contributed by atoms with Crippen molar-refractivity contribution >= 4 is 5.91 Å². The fraction of sp³-hybridized carbons (Fsp3) is 0.923. The van der Waals surface area contributed by atoms with Crippen molar-refractivity contribution in [2.75, 3.05) is 39.3 Å². The van der Waals surface area contributed by atoms with Crippen molar-refractivity contribution < 1.29 is 4.79 Å². The smallest absolute Gasteiger partial charge is 0.228 e. The molecule has 0 aromatic heterocycles. The van der Waals surface area contributed by atoms with Crippen LogP contribution in [0, 0.1) is 5.92 Å². The molecule has 3 aliphatic rings. The summed E-state index contributed by atoms with van der Waals surface area (Å²) in [7, 11) is 0. The molecule has 3 aliphatic heterocycles. The molecule has 0 bridgehead atoms. The van der Waals surface area contributed by atoms with Crippen LogP contribution in [-0.2, 0) is 4.79 Å². The van der Waals surface area contributed by atoms with Crippen LogP contribution in [0.2, 0.25) is 0 Å². The first kappa shape index (κ1) is 11.5. The van der Waals surface area contributed by atoms with Gasteiger partial charge in [-0.3, -0.25) is 4.79 Å². The van der Waals surface area contributed by atoms with Gasteiger partial charge in [-0.25, -0.2) is 0 Å². The average molecular weight is 237 g/mol. The summed E-state index contributed by atoms with van der Waals surface area (Å²) >= 11 is 0. The van der Waals surface area contributed by atoms with Gasteiger partial charge in [-0.05, 0) is 38.8 Å². The number of carbonyl (C=O) groups is 1. The zero-order valence-electron chi connectivity index (χ0n) is 10.5. The zero-order valence-corrected chi connectivity index (χ0v) is 10.5. The van der Waals surface area contributed by atoms with Gasteiger partial charge in [-0.15, -0.1) is 0 Å². The lowest BCUT2D eigenvalue weighted by atomic mass is 10.0. The van der Waals surface area contributed by atoms with Crippen LogP contribution in [0.25, 0.3) is 0 Å². The highest BCUT2D eigenvalue weighted by atomic mass is 16.2. The minimum Gasteiger partial charge on any atom is -0.338 e. The number of rotatable bonds is 3. The Kier molecular flexibility index (Phi) is 3.34. The second kappa shape index (κ2) is 4.94. The summed E-state index contributed by atoms with van der Waals surface area (Å²) in [5.41, 5.74) is 0. The van der Waals surface area contributed by atoms with Gasteiger partial charge in [0.1, 0.15) is 0 Å². The zero-order chi connectivity index (χ0) is 11.7. The number of amides is 1. The SMILES string of the molecule is O=C(C1CNC1)N1CCCC1CN1CCCC1. The Labute approximate surface area is 103 Å². The lowest BCUT2D eigenvalue weighted by Crippen LogP contribution is -2.54. The number of nitrogens with one attached hydrogen (secondary N) is 1. The Morgan fingerprint density at radius 1 is 1.12 bits per heavy atom. The van der Waals surface area contributed by atoms with E-state index in [-0.39, 0.29) is 5.92 Å². The maximum absolute atomic E-state index is 12.3. The predicted octanol–water partition coefficient (Wildman–Crippen LogP) is 0.293. The normalized spacial score (nSPS) is 30.8. The van der Waals surface area contributed by atoms with Crippen molar-refractivity contribution in [2.24, 2.45) is 5.92 Å². The topological polar surface area (TPSA) is 35.6 Å². The first-order chi connectivity index (χ1) is 8.34. The molecule has 1 unspecified atom stereocenters. The van der Waals surface area contributed by atoms with E-state index in [2.05, 4.69) is 15.1 Å². The molecule has 17 heavy (non-hydrogen) atoms. The van der Waals surface area contributed by atoms with Gasteiger partial charge >= 0.3 is 0 Å². The van der Waals surface area contributed by atoms with Gasteiger partial charge in [-0.1, -0.05) is 0 Å². The van der Waals surface area contributed by atoms with Crippen molar-refractivity contribution in [1.82, 2.24) is 15.1 Å². The van der Waals surface area contributed by atoms with Crippen LogP contribution in [0.4, 0.5) is 0 Å².